The largest absolute Gasteiger partial charge is 0.392 e. The van der Waals surface area contributed by atoms with E-state index < -0.39 is 0 Å². The lowest BCUT2D eigenvalue weighted by Crippen LogP contribution is -2.29. The molecule has 0 amide bonds. The van der Waals surface area contributed by atoms with E-state index in [1.165, 1.54) is 12.8 Å². The van der Waals surface area contributed by atoms with E-state index in [2.05, 4.69) is 11.0 Å². The van der Waals surface area contributed by atoms with Gasteiger partial charge in [-0.25, -0.2) is 0 Å². The first-order valence-electron chi connectivity index (χ1n) is 5.01. The smallest absolute Gasteiger partial charge is 0.0679 e. The number of nitriles is 1. The van der Waals surface area contributed by atoms with Crippen LogP contribution in [0.4, 0.5) is 0 Å². The summed E-state index contributed by atoms with van der Waals surface area (Å²) < 4.78 is 0. The first-order valence-corrected chi connectivity index (χ1v) is 5.01. The normalized spacial score (nSPS) is 31.5. The zero-order chi connectivity index (χ0) is 9.31. The molecule has 3 nitrogen and oxygen atoms in total. The zero-order valence-electron chi connectivity index (χ0n) is 7.87. The number of rotatable bonds is 3. The molecule has 13 heavy (non-hydrogen) atoms. The van der Waals surface area contributed by atoms with Crippen LogP contribution in [0.2, 0.25) is 0 Å². The molecular weight excluding hydrogens is 164 g/mol. The van der Waals surface area contributed by atoms with E-state index in [1.807, 2.05) is 0 Å². The molecule has 2 fully saturated rings. The molecule has 1 N–H and O–H groups in total. The maximum absolute atomic E-state index is 9.34. The summed E-state index contributed by atoms with van der Waals surface area (Å²) in [6.45, 7) is 2.85. The van der Waals surface area contributed by atoms with Crippen molar-refractivity contribution in [1.29, 1.82) is 5.26 Å². The Morgan fingerprint density at radius 1 is 1.54 bits per heavy atom. The van der Waals surface area contributed by atoms with Gasteiger partial charge in [0.15, 0.2) is 0 Å². The van der Waals surface area contributed by atoms with E-state index in [1.54, 1.807) is 0 Å². The summed E-state index contributed by atoms with van der Waals surface area (Å²) in [4.78, 5) is 2.30. The predicted octanol–water partition coefficient (Wildman–Crippen LogP) is 0.747. The van der Waals surface area contributed by atoms with Gasteiger partial charge in [-0.15, -0.1) is 0 Å². The van der Waals surface area contributed by atoms with Crippen LogP contribution in [0.3, 0.4) is 0 Å². The number of nitrogens with zero attached hydrogens (tertiary/aromatic N) is 2. The minimum absolute atomic E-state index is 0.127. The average Bonchev–Trinajstić information content (AvgIpc) is 2.70. The van der Waals surface area contributed by atoms with Crippen molar-refractivity contribution >= 4 is 0 Å². The minimum Gasteiger partial charge on any atom is -0.392 e. The molecule has 0 bridgehead atoms. The van der Waals surface area contributed by atoms with Crippen LogP contribution in [0.25, 0.3) is 0 Å². The van der Waals surface area contributed by atoms with Gasteiger partial charge in [-0.3, -0.25) is 0 Å². The van der Waals surface area contributed by atoms with Gasteiger partial charge in [0.05, 0.1) is 12.2 Å². The number of aliphatic hydroxyl groups is 1. The van der Waals surface area contributed by atoms with Crippen LogP contribution in [-0.4, -0.2) is 35.7 Å². The molecule has 0 aromatic carbocycles. The maximum atomic E-state index is 9.34. The standard InChI is InChI=1S/C10H16N2O/c11-5-4-10(2-3-10)8-12-6-1-9(13)7-12/h9,13H,1-4,6-8H2/t9-/m0/s1. The second-order valence-electron chi connectivity index (χ2n) is 4.51. The molecule has 1 aliphatic carbocycles. The molecule has 1 aliphatic heterocycles. The summed E-state index contributed by atoms with van der Waals surface area (Å²) >= 11 is 0. The Labute approximate surface area is 79.0 Å². The molecule has 0 aromatic rings. The summed E-state index contributed by atoms with van der Waals surface area (Å²) in [5.41, 5.74) is 0.304. The number of likely N-dealkylation sites (tertiary alicyclic amines) is 1. The van der Waals surface area contributed by atoms with Crippen LogP contribution in [0.5, 0.6) is 0 Å². The van der Waals surface area contributed by atoms with E-state index in [0.29, 0.717) is 11.8 Å². The van der Waals surface area contributed by atoms with Crippen molar-refractivity contribution in [1.82, 2.24) is 4.90 Å². The molecule has 3 heteroatoms. The van der Waals surface area contributed by atoms with Crippen LogP contribution in [0.1, 0.15) is 25.7 Å². The third-order valence-electron chi connectivity index (χ3n) is 3.22. The van der Waals surface area contributed by atoms with E-state index in [4.69, 9.17) is 5.26 Å². The average molecular weight is 180 g/mol. The molecule has 1 saturated carbocycles. The Balaban J connectivity index is 1.82. The summed E-state index contributed by atoms with van der Waals surface area (Å²) in [5.74, 6) is 0. The highest BCUT2D eigenvalue weighted by atomic mass is 16.3. The van der Waals surface area contributed by atoms with Gasteiger partial charge < -0.3 is 10.0 Å². The lowest BCUT2D eigenvalue weighted by molar-refractivity contribution is 0.168. The van der Waals surface area contributed by atoms with E-state index in [0.717, 1.165) is 26.1 Å². The molecule has 0 spiro atoms. The number of aliphatic hydroxyl groups excluding tert-OH is 1. The fourth-order valence-corrected chi connectivity index (χ4v) is 2.17. The number of β-amino-alcohol motifs (C(OH)–C–C–N with tert-alkyl or cyclic N) is 1. The number of hydrogen-bond acceptors (Lipinski definition) is 3. The van der Waals surface area contributed by atoms with E-state index in [-0.39, 0.29) is 6.10 Å². The number of hydrogen-bond donors (Lipinski definition) is 1. The molecule has 0 unspecified atom stereocenters. The lowest BCUT2D eigenvalue weighted by atomic mass is 10.0. The van der Waals surface area contributed by atoms with Gasteiger partial charge in [-0.1, -0.05) is 0 Å². The van der Waals surface area contributed by atoms with Crippen molar-refractivity contribution in [2.75, 3.05) is 19.6 Å². The SMILES string of the molecule is N#CCC1(CN2CC[C@H](O)C2)CC1. The highest BCUT2D eigenvalue weighted by molar-refractivity contribution is 5.01. The second kappa shape index (κ2) is 3.28. The van der Waals surface area contributed by atoms with E-state index in [9.17, 15) is 5.11 Å². The molecule has 0 radical (unpaired) electrons. The first-order chi connectivity index (χ1) is 6.24. The molecule has 1 saturated heterocycles. The highest BCUT2D eigenvalue weighted by Crippen LogP contribution is 2.49. The van der Waals surface area contributed by atoms with Crippen LogP contribution in [0, 0.1) is 16.7 Å². The quantitative estimate of drug-likeness (QED) is 0.697. The predicted molar refractivity (Wildman–Crippen MR) is 49.0 cm³/mol. The fourth-order valence-electron chi connectivity index (χ4n) is 2.17. The summed E-state index contributed by atoms with van der Waals surface area (Å²) in [5, 5.41) is 18.0. The summed E-state index contributed by atoms with van der Waals surface area (Å²) in [6.07, 6.45) is 3.88. The molecule has 2 rings (SSSR count). The first kappa shape index (κ1) is 8.98. The van der Waals surface area contributed by atoms with Crippen LogP contribution in [-0.2, 0) is 0 Å². The topological polar surface area (TPSA) is 47.3 Å². The van der Waals surface area contributed by atoms with Gasteiger partial charge in [0.1, 0.15) is 0 Å². The minimum atomic E-state index is -0.127. The van der Waals surface area contributed by atoms with Crippen molar-refractivity contribution in [3.05, 3.63) is 0 Å². The zero-order valence-corrected chi connectivity index (χ0v) is 7.87. The van der Waals surface area contributed by atoms with Crippen LogP contribution < -0.4 is 0 Å². The second-order valence-corrected chi connectivity index (χ2v) is 4.51. The Morgan fingerprint density at radius 2 is 2.31 bits per heavy atom. The van der Waals surface area contributed by atoms with Crippen LogP contribution >= 0.6 is 0 Å². The Bertz CT molecular complexity index is 230. The maximum Gasteiger partial charge on any atom is 0.0679 e. The van der Waals surface area contributed by atoms with Crippen molar-refractivity contribution < 1.29 is 5.11 Å². The lowest BCUT2D eigenvalue weighted by Gasteiger charge is -2.20. The monoisotopic (exact) mass is 180 g/mol. The van der Waals surface area contributed by atoms with E-state index >= 15 is 0 Å². The molecular formula is C10H16N2O. The fraction of sp³-hybridized carbons (Fsp3) is 0.900. The Kier molecular flexibility index (Phi) is 2.27. The molecule has 0 aromatic heterocycles. The van der Waals surface area contributed by atoms with Gasteiger partial charge in [0.2, 0.25) is 0 Å². The van der Waals surface area contributed by atoms with Gasteiger partial charge >= 0.3 is 0 Å². The third kappa shape index (κ3) is 2.01. The van der Waals surface area contributed by atoms with Gasteiger partial charge in [0.25, 0.3) is 0 Å². The highest BCUT2D eigenvalue weighted by Gasteiger charge is 2.44. The summed E-state index contributed by atoms with van der Waals surface area (Å²) in [7, 11) is 0. The van der Waals surface area contributed by atoms with Crippen LogP contribution in [0.15, 0.2) is 0 Å². The van der Waals surface area contributed by atoms with Gasteiger partial charge in [-0.2, -0.15) is 5.26 Å². The van der Waals surface area contributed by atoms with Crippen molar-refractivity contribution in [2.24, 2.45) is 5.41 Å². The molecule has 72 valence electrons. The van der Waals surface area contributed by atoms with Gasteiger partial charge in [0, 0.05) is 26.1 Å². The Hall–Kier alpha value is -0.590. The third-order valence-corrected chi connectivity index (χ3v) is 3.22. The van der Waals surface area contributed by atoms with Crippen molar-refractivity contribution in [3.63, 3.8) is 0 Å². The molecule has 2 aliphatic rings. The van der Waals surface area contributed by atoms with Crippen molar-refractivity contribution in [3.8, 4) is 6.07 Å². The summed E-state index contributed by atoms with van der Waals surface area (Å²) in [6, 6.07) is 2.27. The van der Waals surface area contributed by atoms with Gasteiger partial charge in [-0.05, 0) is 24.7 Å². The Morgan fingerprint density at radius 3 is 2.77 bits per heavy atom. The molecule has 1 heterocycles. The molecule has 1 atom stereocenters. The van der Waals surface area contributed by atoms with Crippen molar-refractivity contribution in [2.45, 2.75) is 31.8 Å².